The van der Waals surface area contributed by atoms with Gasteiger partial charge in [-0.25, -0.2) is 55.3 Å². The predicted octanol–water partition coefficient (Wildman–Crippen LogP) is 6.64. The lowest BCUT2D eigenvalue weighted by Crippen LogP contribution is -2.39. The number of pyridine rings is 5. The standard InChI is InChI=1S/C11H14ClN5.C11H15ClN4O2.2C10H14ClN5O2.C8H10ClN5O2/c1-16(2)11(15-8-13)17(3)7-9-4-5-10(12)14-6-9;1-14(2)11(8-16(17)18)15(3)7-9-4-5-10(12)13-6-9;1-14(2)10(13-16(17)18)15(3)7-8-4-5-9(11)12-6-8;1-3-15(10(12-2)14-16(17)18)7-8-4-5-9(11)13-6-8;1-13(8(10)12-14(15)16)5-6-2-3-7(9)11-4-6/h4-6H,7H2,1-3H3;4-6,8H,7H2,1-3H3;4-6H,7H2,1-3H3;4-6H,3,7H2,1-2H3,(H,12,14);2-4H,5H2,1H3,(H2,10,12)/b;11-8+;13-10+;;. The Hall–Kier alpha value is -9.29. The van der Waals surface area contributed by atoms with E-state index in [4.69, 9.17) is 69.0 Å². The Morgan fingerprint density at radius 3 is 1.14 bits per heavy atom. The molecule has 0 aliphatic rings. The number of guanidine groups is 4. The Bertz CT molecular complexity index is 3050. The fraction of sp³-hybridized carbons (Fsp3) is 0.360. The van der Waals surface area contributed by atoms with Gasteiger partial charge in [-0.05, 0) is 65.1 Å². The van der Waals surface area contributed by atoms with Crippen LogP contribution in [0.4, 0.5) is 0 Å². The molecular weight excluding hydrogens is 1240 g/mol. The monoisotopic (exact) mass is 1310 g/mol. The predicted molar refractivity (Wildman–Crippen MR) is 334 cm³/mol. The third-order valence-corrected chi connectivity index (χ3v) is 11.6. The SMILES string of the molecule is CCN(Cc1ccc(Cl)nc1)/C(=N/[N+](=O)[O-])NC.CN(C)/C(=C\[N+](=O)[O-])N(C)Cc1ccc(Cl)nc1.CN(C)/C(=N\[N+](=O)[O-])N(C)Cc1ccc(Cl)nc1.CN(C)C(=NC#N)N(C)Cc1ccc(Cl)nc1.CN(Cc1ccc(Cl)nc1)/C(N)=N/[N+](=O)[O-]. The fourth-order valence-corrected chi connectivity index (χ4v) is 7.32. The third kappa shape index (κ3) is 32.0. The van der Waals surface area contributed by atoms with E-state index in [0.717, 1.165) is 34.0 Å². The van der Waals surface area contributed by atoms with Crippen molar-refractivity contribution >= 4 is 81.8 Å². The van der Waals surface area contributed by atoms with Gasteiger partial charge in [-0.1, -0.05) is 88.3 Å². The molecule has 0 bridgehead atoms. The molecule has 0 fully saturated rings. The summed E-state index contributed by atoms with van der Waals surface area (Å²) in [5.74, 6) is 1.41. The normalized spacial score (nSPS) is 11.1. The van der Waals surface area contributed by atoms with E-state index in [1.165, 1.54) is 4.90 Å². The van der Waals surface area contributed by atoms with Crippen molar-refractivity contribution in [2.24, 2.45) is 26.0 Å². The topological polar surface area (TPSA) is 374 Å². The van der Waals surface area contributed by atoms with Gasteiger partial charge in [0.15, 0.2) is 20.9 Å². The average molecular weight is 1310 g/mol. The molecule has 0 amide bonds. The van der Waals surface area contributed by atoms with Gasteiger partial charge in [0.05, 0.1) is 4.92 Å². The minimum absolute atomic E-state index is 0.167. The van der Waals surface area contributed by atoms with Gasteiger partial charge in [0.1, 0.15) is 41.1 Å². The number of halogens is 5. The van der Waals surface area contributed by atoms with Crippen molar-refractivity contribution < 1.29 is 20.0 Å². The number of aliphatic imine (C=N–C) groups is 1. The number of hydrogen-bond acceptors (Lipinski definition) is 17. The van der Waals surface area contributed by atoms with E-state index in [9.17, 15) is 40.5 Å². The maximum absolute atomic E-state index is 10.6. The molecule has 0 atom stereocenters. The minimum Gasteiger partial charge on any atom is -0.365 e. The van der Waals surface area contributed by atoms with Crippen LogP contribution in [-0.2, 0) is 32.7 Å². The largest absolute Gasteiger partial charge is 0.365 e. The van der Waals surface area contributed by atoms with Crippen LogP contribution in [0.2, 0.25) is 25.8 Å². The zero-order valence-corrected chi connectivity index (χ0v) is 53.3. The molecule has 0 saturated carbocycles. The van der Waals surface area contributed by atoms with Crippen molar-refractivity contribution in [2.45, 2.75) is 39.6 Å². The molecular formula is C50H67Cl5N24O8. The molecule has 5 heterocycles. The first-order chi connectivity index (χ1) is 40.9. The van der Waals surface area contributed by atoms with E-state index >= 15 is 0 Å². The van der Waals surface area contributed by atoms with E-state index in [-0.39, 0.29) is 17.9 Å². The lowest BCUT2D eigenvalue weighted by Gasteiger charge is -2.25. The molecule has 0 saturated heterocycles. The third-order valence-electron chi connectivity index (χ3n) is 10.5. The molecule has 0 aliphatic carbocycles. The summed E-state index contributed by atoms with van der Waals surface area (Å²) in [6.07, 6.45) is 10.9. The first-order valence-corrected chi connectivity index (χ1v) is 26.9. The van der Waals surface area contributed by atoms with E-state index in [0.29, 0.717) is 76.8 Å². The van der Waals surface area contributed by atoms with Gasteiger partial charge in [0.25, 0.3) is 24.1 Å². The van der Waals surface area contributed by atoms with Crippen LogP contribution in [-0.4, -0.2) is 192 Å². The van der Waals surface area contributed by atoms with Crippen LogP contribution in [0.15, 0.2) is 124 Å². The van der Waals surface area contributed by atoms with Crippen LogP contribution in [0.5, 0.6) is 0 Å². The molecule has 87 heavy (non-hydrogen) atoms. The van der Waals surface area contributed by atoms with Crippen molar-refractivity contribution in [3.63, 3.8) is 0 Å². The minimum atomic E-state index is -0.841. The molecule has 32 nitrogen and oxygen atoms in total. The Kier molecular flexibility index (Phi) is 34.9. The Balaban J connectivity index is 0.000000544. The van der Waals surface area contributed by atoms with Crippen LogP contribution in [0, 0.1) is 51.9 Å². The second-order valence-corrected chi connectivity index (χ2v) is 20.0. The van der Waals surface area contributed by atoms with Crippen molar-refractivity contribution in [3.8, 4) is 6.19 Å². The number of hydrazone groups is 3. The molecule has 0 radical (unpaired) electrons. The highest BCUT2D eigenvalue weighted by molar-refractivity contribution is 6.30. The smallest absolute Gasteiger partial charge is 0.274 e. The number of rotatable bonds is 17. The van der Waals surface area contributed by atoms with E-state index < -0.39 is 20.0 Å². The number of nitrogens with one attached hydrogen (secondary N) is 1. The highest BCUT2D eigenvalue weighted by Gasteiger charge is 2.17. The fourth-order valence-electron chi connectivity index (χ4n) is 6.77. The van der Waals surface area contributed by atoms with Gasteiger partial charge in [-0.15, -0.1) is 4.99 Å². The number of nitrogens with two attached hydrogens (primary N) is 1. The summed E-state index contributed by atoms with van der Waals surface area (Å²) in [4.78, 5) is 78.1. The summed E-state index contributed by atoms with van der Waals surface area (Å²) >= 11 is 28.4. The molecule has 0 unspecified atom stereocenters. The lowest BCUT2D eigenvalue weighted by atomic mass is 10.2. The molecule has 470 valence electrons. The van der Waals surface area contributed by atoms with Crippen molar-refractivity contribution in [1.82, 2.24) is 69.4 Å². The van der Waals surface area contributed by atoms with Crippen LogP contribution in [0.25, 0.3) is 0 Å². The van der Waals surface area contributed by atoms with Gasteiger partial charge >= 0.3 is 0 Å². The van der Waals surface area contributed by atoms with Crippen molar-refractivity contribution in [2.75, 3.05) is 84.1 Å². The highest BCUT2D eigenvalue weighted by Crippen LogP contribution is 2.14. The first-order valence-electron chi connectivity index (χ1n) is 25.0. The van der Waals surface area contributed by atoms with Gasteiger partial charge in [0, 0.05) is 148 Å². The summed E-state index contributed by atoms with van der Waals surface area (Å²) in [5, 5.41) is 62.3. The van der Waals surface area contributed by atoms with Crippen LogP contribution in [0.3, 0.4) is 0 Å². The van der Waals surface area contributed by atoms with E-state index in [2.05, 4.69) is 50.5 Å². The zero-order valence-electron chi connectivity index (χ0n) is 49.6. The Labute approximate surface area is 527 Å². The second kappa shape index (κ2) is 40.1. The summed E-state index contributed by atoms with van der Waals surface area (Å²) in [7, 11) is 19.1. The van der Waals surface area contributed by atoms with E-state index in [1.54, 1.807) is 159 Å². The summed E-state index contributed by atoms with van der Waals surface area (Å²) in [6.45, 7) is 4.88. The molecule has 0 aromatic carbocycles. The molecule has 0 aliphatic heterocycles. The molecule has 5 aromatic rings. The van der Waals surface area contributed by atoms with Gasteiger partial charge in [0.2, 0.25) is 12.2 Å². The average Bonchev–Trinajstić information content (AvgIpc) is 3.62. The number of nitrogens with zero attached hydrogens (tertiary/aromatic N) is 22. The Morgan fingerprint density at radius 2 is 0.862 bits per heavy atom. The van der Waals surface area contributed by atoms with Gasteiger partial charge < -0.3 is 50.2 Å². The number of hydrogen-bond donors (Lipinski definition) is 2. The van der Waals surface area contributed by atoms with Crippen molar-refractivity contribution in [3.05, 3.63) is 198 Å². The maximum Gasteiger partial charge on any atom is 0.274 e. The number of nitriles is 1. The quantitative estimate of drug-likeness (QED) is 0.0246. The molecule has 37 heteroatoms. The zero-order chi connectivity index (χ0) is 65.9. The van der Waals surface area contributed by atoms with Crippen LogP contribution >= 0.6 is 58.0 Å². The second-order valence-electron chi connectivity index (χ2n) is 18.1. The number of aromatic nitrogens is 5. The van der Waals surface area contributed by atoms with Gasteiger partial charge in [-0.3, -0.25) is 10.1 Å². The number of nitro groups is 4. The van der Waals surface area contributed by atoms with Crippen LogP contribution in [0.1, 0.15) is 34.7 Å². The summed E-state index contributed by atoms with van der Waals surface area (Å²) < 4.78 is 0. The molecule has 5 rings (SSSR count). The molecule has 3 N–H and O–H groups in total. The van der Waals surface area contributed by atoms with Crippen LogP contribution < -0.4 is 11.1 Å². The lowest BCUT2D eigenvalue weighted by molar-refractivity contribution is -0.486. The molecule has 0 spiro atoms. The van der Waals surface area contributed by atoms with Crippen molar-refractivity contribution in [1.29, 1.82) is 5.26 Å². The summed E-state index contributed by atoms with van der Waals surface area (Å²) in [5.41, 5.74) is 9.93. The summed E-state index contributed by atoms with van der Waals surface area (Å²) in [6, 6.07) is 17.5. The van der Waals surface area contributed by atoms with Gasteiger partial charge in [-0.2, -0.15) is 5.26 Å². The van der Waals surface area contributed by atoms with E-state index in [1.807, 2.05) is 57.2 Å². The first kappa shape index (κ1) is 75.7. The Morgan fingerprint density at radius 1 is 0.529 bits per heavy atom. The molecule has 5 aromatic heterocycles. The maximum atomic E-state index is 10.6. The highest BCUT2D eigenvalue weighted by atomic mass is 35.5.